The average molecular weight is 111 g/mol. The van der Waals surface area contributed by atoms with E-state index in [0.29, 0.717) is 0 Å². The van der Waals surface area contributed by atoms with Crippen molar-refractivity contribution in [1.29, 1.82) is 0 Å². The van der Waals surface area contributed by atoms with Crippen molar-refractivity contribution in [3.63, 3.8) is 0 Å². The molecule has 0 aromatic heterocycles. The van der Waals surface area contributed by atoms with Gasteiger partial charge in [-0.1, -0.05) is 18.2 Å². The van der Waals surface area contributed by atoms with E-state index < -0.39 is 0 Å². The summed E-state index contributed by atoms with van der Waals surface area (Å²) in [4.78, 5) is 0. The zero-order valence-electron chi connectivity index (χ0n) is 4.96. The van der Waals surface area contributed by atoms with Gasteiger partial charge in [0.15, 0.2) is 0 Å². The second kappa shape index (κ2) is 4.19. The first kappa shape index (κ1) is 8.28. The van der Waals surface area contributed by atoms with Gasteiger partial charge in [0.05, 0.1) is 0 Å². The maximum absolute atomic E-state index is 5.36. The van der Waals surface area contributed by atoms with Gasteiger partial charge in [-0.05, 0) is 0 Å². The summed E-state index contributed by atoms with van der Waals surface area (Å²) in [6, 6.07) is 9.49. The topological polar surface area (TPSA) is 0 Å². The standard InChI is InChI=1S/C6H5B.Na/c7-6-4-2-1-3-5-6;/h1-5H;/q-1;+1. The predicted molar refractivity (Wildman–Crippen MR) is 31.8 cm³/mol. The van der Waals surface area contributed by atoms with Crippen molar-refractivity contribution < 1.29 is 29.6 Å². The summed E-state index contributed by atoms with van der Waals surface area (Å²) in [7, 11) is 5.36. The first-order valence-electron chi connectivity index (χ1n) is 2.20. The molecule has 0 fully saturated rings. The van der Waals surface area contributed by atoms with Crippen molar-refractivity contribution in [3.05, 3.63) is 30.3 Å². The molecule has 0 amide bonds. The molecule has 2 heteroatoms. The van der Waals surface area contributed by atoms with Gasteiger partial charge in [-0.3, -0.25) is 0 Å². The molecule has 0 unspecified atom stereocenters. The normalized spacial score (nSPS) is 7.62. The van der Waals surface area contributed by atoms with Crippen molar-refractivity contribution in [2.24, 2.45) is 0 Å². The van der Waals surface area contributed by atoms with E-state index in [4.69, 9.17) is 7.85 Å². The third-order valence-electron chi connectivity index (χ3n) is 0.800. The summed E-state index contributed by atoms with van der Waals surface area (Å²) in [5.41, 5.74) is 0.822. The molecule has 1 rings (SSSR count). The number of hydrogen-bond acceptors (Lipinski definition) is 0. The Morgan fingerprint density at radius 3 is 1.75 bits per heavy atom. The maximum Gasteiger partial charge on any atom is 1.00 e. The molecule has 8 heavy (non-hydrogen) atoms. The zero-order chi connectivity index (χ0) is 5.11. The maximum atomic E-state index is 5.36. The summed E-state index contributed by atoms with van der Waals surface area (Å²) in [6.07, 6.45) is 0. The van der Waals surface area contributed by atoms with Crippen molar-refractivity contribution in [1.82, 2.24) is 0 Å². The Balaban J connectivity index is 0.000000490. The van der Waals surface area contributed by atoms with Crippen LogP contribution in [0.3, 0.4) is 0 Å². The molecule has 0 aliphatic heterocycles. The van der Waals surface area contributed by atoms with E-state index in [1.165, 1.54) is 0 Å². The number of benzene rings is 1. The summed E-state index contributed by atoms with van der Waals surface area (Å²) in [5, 5.41) is 0. The predicted octanol–water partition coefficient (Wildman–Crippen LogP) is -2.52. The Labute approximate surface area is 73.0 Å². The molecule has 3 radical (unpaired) electrons. The van der Waals surface area contributed by atoms with Gasteiger partial charge in [0.1, 0.15) is 0 Å². The molecule has 0 heterocycles. The largest absolute Gasteiger partial charge is 1.00 e. The van der Waals surface area contributed by atoms with E-state index in [1.807, 2.05) is 30.3 Å². The minimum absolute atomic E-state index is 0. The van der Waals surface area contributed by atoms with E-state index in [-0.39, 0.29) is 29.6 Å². The molecule has 0 aliphatic rings. The molecular formula is C6H5BNa. The fraction of sp³-hybridized carbons (Fsp3) is 0. The molecule has 0 atom stereocenters. The molecule has 0 N–H and O–H groups in total. The monoisotopic (exact) mass is 111 g/mol. The average Bonchev–Trinajstić information content (AvgIpc) is 1.69. The molecule has 1 aromatic rings. The Hall–Kier alpha value is 0.285. The number of hydrogen-bond donors (Lipinski definition) is 0. The summed E-state index contributed by atoms with van der Waals surface area (Å²) < 4.78 is 0. The molecule has 33 valence electrons. The van der Waals surface area contributed by atoms with Gasteiger partial charge in [0, 0.05) is 0 Å². The zero-order valence-corrected chi connectivity index (χ0v) is 6.96. The Morgan fingerprint density at radius 1 is 1.00 bits per heavy atom. The summed E-state index contributed by atoms with van der Waals surface area (Å²) in [5.74, 6) is 0. The van der Waals surface area contributed by atoms with Crippen molar-refractivity contribution in [3.8, 4) is 0 Å². The molecule has 0 saturated heterocycles. The molecular weight excluding hydrogens is 106 g/mol. The quantitative estimate of drug-likeness (QED) is 0.324. The van der Waals surface area contributed by atoms with Gasteiger partial charge in [-0.2, -0.15) is 0 Å². The SMILES string of the molecule is [B-]c1ccccc1.[Na+]. The van der Waals surface area contributed by atoms with Crippen LogP contribution in [0.25, 0.3) is 0 Å². The fourth-order valence-corrected chi connectivity index (χ4v) is 0.453. The van der Waals surface area contributed by atoms with Crippen LogP contribution >= 0.6 is 0 Å². The van der Waals surface area contributed by atoms with E-state index in [1.54, 1.807) is 0 Å². The fourth-order valence-electron chi connectivity index (χ4n) is 0.453. The molecule has 0 aliphatic carbocycles. The molecule has 0 nitrogen and oxygen atoms in total. The Morgan fingerprint density at radius 2 is 1.50 bits per heavy atom. The van der Waals surface area contributed by atoms with Crippen molar-refractivity contribution >= 4 is 13.3 Å². The van der Waals surface area contributed by atoms with E-state index in [0.717, 1.165) is 5.46 Å². The van der Waals surface area contributed by atoms with Crippen LogP contribution in [-0.2, 0) is 0 Å². The first-order valence-corrected chi connectivity index (χ1v) is 2.20. The smallest absolute Gasteiger partial charge is 0.580 e. The Kier molecular flexibility index (Phi) is 4.34. The van der Waals surface area contributed by atoms with E-state index >= 15 is 0 Å². The van der Waals surface area contributed by atoms with E-state index in [2.05, 4.69) is 0 Å². The van der Waals surface area contributed by atoms with Crippen LogP contribution in [0.5, 0.6) is 0 Å². The summed E-state index contributed by atoms with van der Waals surface area (Å²) in [6.45, 7) is 0. The van der Waals surface area contributed by atoms with Crippen LogP contribution in [0.15, 0.2) is 30.3 Å². The Bertz CT molecular complexity index is 138. The van der Waals surface area contributed by atoms with Gasteiger partial charge in [-0.25, -0.2) is 0 Å². The minimum Gasteiger partial charge on any atom is -0.580 e. The van der Waals surface area contributed by atoms with Crippen LogP contribution < -0.4 is 35.0 Å². The van der Waals surface area contributed by atoms with Gasteiger partial charge < -0.3 is 13.3 Å². The van der Waals surface area contributed by atoms with Gasteiger partial charge >= 0.3 is 29.6 Å². The minimum atomic E-state index is 0. The van der Waals surface area contributed by atoms with Crippen molar-refractivity contribution in [2.75, 3.05) is 0 Å². The molecule has 0 spiro atoms. The summed E-state index contributed by atoms with van der Waals surface area (Å²) >= 11 is 0. The van der Waals surface area contributed by atoms with Crippen LogP contribution in [0.4, 0.5) is 0 Å². The van der Waals surface area contributed by atoms with Gasteiger partial charge in [0.25, 0.3) is 0 Å². The molecule has 0 bridgehead atoms. The van der Waals surface area contributed by atoms with Crippen molar-refractivity contribution in [2.45, 2.75) is 0 Å². The van der Waals surface area contributed by atoms with Gasteiger partial charge in [0.2, 0.25) is 0 Å². The van der Waals surface area contributed by atoms with Crippen LogP contribution in [-0.4, -0.2) is 7.85 Å². The first-order chi connectivity index (χ1) is 3.39. The van der Waals surface area contributed by atoms with Gasteiger partial charge in [-0.15, -0.1) is 12.1 Å². The second-order valence-electron chi connectivity index (χ2n) is 1.41. The third-order valence-corrected chi connectivity index (χ3v) is 0.800. The second-order valence-corrected chi connectivity index (χ2v) is 1.41. The van der Waals surface area contributed by atoms with Crippen LogP contribution in [0, 0.1) is 0 Å². The third kappa shape index (κ3) is 2.56. The molecule has 1 aromatic carbocycles. The van der Waals surface area contributed by atoms with E-state index in [9.17, 15) is 0 Å². The number of rotatable bonds is 0. The van der Waals surface area contributed by atoms with Crippen LogP contribution in [0.2, 0.25) is 0 Å². The van der Waals surface area contributed by atoms with Crippen LogP contribution in [0.1, 0.15) is 0 Å². The molecule has 0 saturated carbocycles.